The van der Waals surface area contributed by atoms with Crippen LogP contribution in [0.4, 0.5) is 0 Å². The van der Waals surface area contributed by atoms with E-state index in [1.165, 1.54) is 0 Å². The van der Waals surface area contributed by atoms with Crippen molar-refractivity contribution in [3.63, 3.8) is 0 Å². The van der Waals surface area contributed by atoms with E-state index < -0.39 is 23.5 Å². The molecule has 1 aromatic carbocycles. The number of rotatable bonds is 13. The maximum absolute atomic E-state index is 13.7. The van der Waals surface area contributed by atoms with Crippen LogP contribution < -0.4 is 10.6 Å². The predicted molar refractivity (Wildman–Crippen MR) is 160 cm³/mol. The molecule has 1 aliphatic heterocycles. The van der Waals surface area contributed by atoms with Crippen LogP contribution in [0.25, 0.3) is 10.4 Å². The Kier molecular flexibility index (Phi) is 11.5. The number of unbranched alkanes of at least 4 members (excludes halogenated alkanes) is 3. The molecule has 1 aromatic heterocycles. The molecule has 0 aliphatic carbocycles. The van der Waals surface area contributed by atoms with Gasteiger partial charge in [-0.2, -0.15) is 0 Å². The van der Waals surface area contributed by atoms with Gasteiger partial charge in [0.05, 0.1) is 22.1 Å². The standard InChI is InChI=1S/C31H44N4O5S/c1-20(22-14-16-23(17-15-22)27-21(2)32-19-41-27)33-29(39)24-11-10-18-35(24)30(40)28(31(3,4)5)34-25(36)12-8-6-7-9-13-26(37)38/h14-17,19-20,24,28H,6-13,18H2,1-5H3,(H,33,39)(H,34,36)(H,37,38)/t20-,24-,28?/m0/s1. The Morgan fingerprint density at radius 1 is 1.05 bits per heavy atom. The average Bonchev–Trinajstić information content (AvgIpc) is 3.57. The number of aryl methyl sites for hydroxylation is 1. The average molecular weight is 585 g/mol. The number of carbonyl (C=O) groups excluding carboxylic acids is 3. The van der Waals surface area contributed by atoms with E-state index >= 15 is 0 Å². The van der Waals surface area contributed by atoms with Crippen molar-refractivity contribution < 1.29 is 24.3 Å². The van der Waals surface area contributed by atoms with Crippen molar-refractivity contribution in [2.45, 2.75) is 104 Å². The molecule has 1 unspecified atom stereocenters. The minimum absolute atomic E-state index is 0.135. The van der Waals surface area contributed by atoms with E-state index in [2.05, 4.69) is 15.6 Å². The van der Waals surface area contributed by atoms with E-state index in [9.17, 15) is 19.2 Å². The van der Waals surface area contributed by atoms with Crippen LogP contribution in [0.1, 0.15) is 96.4 Å². The van der Waals surface area contributed by atoms with Gasteiger partial charge in [0.25, 0.3) is 0 Å². The predicted octanol–water partition coefficient (Wildman–Crippen LogP) is 5.24. The van der Waals surface area contributed by atoms with Crippen LogP contribution >= 0.6 is 11.3 Å². The highest BCUT2D eigenvalue weighted by Crippen LogP contribution is 2.29. The Hall–Kier alpha value is -3.27. The first-order chi connectivity index (χ1) is 19.4. The summed E-state index contributed by atoms with van der Waals surface area (Å²) in [4.78, 5) is 57.5. The summed E-state index contributed by atoms with van der Waals surface area (Å²) in [7, 11) is 0. The third-order valence-corrected chi connectivity index (χ3v) is 8.56. The molecule has 3 atom stereocenters. The second-order valence-corrected chi connectivity index (χ2v) is 12.8. The number of likely N-dealkylation sites (tertiary alicyclic amines) is 1. The first-order valence-corrected chi connectivity index (χ1v) is 15.4. The SMILES string of the molecule is Cc1ncsc1-c1ccc([C@H](C)NC(=O)[C@@H]2CCCN2C(=O)C(NC(=O)CCCCCCC(=O)O)C(C)(C)C)cc1. The molecule has 0 radical (unpaired) electrons. The van der Waals surface area contributed by atoms with E-state index in [1.54, 1.807) is 16.2 Å². The summed E-state index contributed by atoms with van der Waals surface area (Å²) in [6.07, 6.45) is 4.45. The number of nitrogens with zero attached hydrogens (tertiary/aromatic N) is 2. The van der Waals surface area contributed by atoms with Crippen LogP contribution in [0.5, 0.6) is 0 Å². The fraction of sp³-hybridized carbons (Fsp3) is 0.581. The second kappa shape index (κ2) is 14.6. The highest BCUT2D eigenvalue weighted by Gasteiger charge is 2.42. The zero-order valence-corrected chi connectivity index (χ0v) is 25.7. The highest BCUT2D eigenvalue weighted by atomic mass is 32.1. The first kappa shape index (κ1) is 32.2. The van der Waals surface area contributed by atoms with Gasteiger partial charge in [-0.1, -0.05) is 57.9 Å². The number of aromatic nitrogens is 1. The molecule has 224 valence electrons. The van der Waals surface area contributed by atoms with Crippen LogP contribution in [0.2, 0.25) is 0 Å². The third kappa shape index (κ3) is 9.11. The molecule has 0 bridgehead atoms. The molecule has 1 fully saturated rings. The largest absolute Gasteiger partial charge is 0.481 e. The molecule has 3 amide bonds. The molecule has 10 heteroatoms. The molecular formula is C31H44N4O5S. The Balaban J connectivity index is 1.58. The third-order valence-electron chi connectivity index (χ3n) is 7.58. The molecule has 3 rings (SSSR count). The number of hydrogen-bond acceptors (Lipinski definition) is 6. The van der Waals surface area contributed by atoms with Crippen molar-refractivity contribution in [1.29, 1.82) is 0 Å². The number of benzene rings is 1. The van der Waals surface area contributed by atoms with Crippen molar-refractivity contribution in [3.05, 3.63) is 41.0 Å². The lowest BCUT2D eigenvalue weighted by Crippen LogP contribution is -2.57. The number of hydrogen-bond donors (Lipinski definition) is 3. The summed E-state index contributed by atoms with van der Waals surface area (Å²) in [5, 5.41) is 14.8. The maximum atomic E-state index is 13.7. The number of carboxylic acid groups (broad SMARTS) is 1. The van der Waals surface area contributed by atoms with Gasteiger partial charge >= 0.3 is 5.97 Å². The number of aliphatic carboxylic acids is 1. The van der Waals surface area contributed by atoms with Crippen molar-refractivity contribution in [2.24, 2.45) is 5.41 Å². The van der Waals surface area contributed by atoms with E-state index in [4.69, 9.17) is 5.11 Å². The van der Waals surface area contributed by atoms with E-state index in [0.29, 0.717) is 25.8 Å². The van der Waals surface area contributed by atoms with Crippen molar-refractivity contribution in [2.75, 3.05) is 6.54 Å². The lowest BCUT2D eigenvalue weighted by Gasteiger charge is -2.35. The quantitative estimate of drug-likeness (QED) is 0.276. The Labute approximate surface area is 247 Å². The smallest absolute Gasteiger partial charge is 0.303 e. The van der Waals surface area contributed by atoms with Gasteiger partial charge in [-0.05, 0) is 56.1 Å². The maximum Gasteiger partial charge on any atom is 0.303 e. The summed E-state index contributed by atoms with van der Waals surface area (Å²) in [6.45, 7) is 10.1. The van der Waals surface area contributed by atoms with E-state index in [1.807, 2.05) is 64.4 Å². The van der Waals surface area contributed by atoms with Gasteiger partial charge in [0.15, 0.2) is 0 Å². The van der Waals surface area contributed by atoms with Gasteiger partial charge in [-0.3, -0.25) is 19.2 Å². The first-order valence-electron chi connectivity index (χ1n) is 14.5. The lowest BCUT2D eigenvalue weighted by atomic mass is 9.85. The summed E-state index contributed by atoms with van der Waals surface area (Å²) >= 11 is 1.60. The fourth-order valence-electron chi connectivity index (χ4n) is 5.16. The second-order valence-electron chi connectivity index (χ2n) is 12.0. The zero-order valence-electron chi connectivity index (χ0n) is 24.9. The molecule has 3 N–H and O–H groups in total. The minimum Gasteiger partial charge on any atom is -0.481 e. The van der Waals surface area contributed by atoms with Crippen LogP contribution in [0, 0.1) is 12.3 Å². The molecule has 9 nitrogen and oxygen atoms in total. The van der Waals surface area contributed by atoms with Gasteiger partial charge in [0.2, 0.25) is 17.7 Å². The summed E-state index contributed by atoms with van der Waals surface area (Å²) in [5.74, 6) is -1.44. The number of thiazole rings is 1. The van der Waals surface area contributed by atoms with E-state index in [0.717, 1.165) is 41.0 Å². The topological polar surface area (TPSA) is 129 Å². The van der Waals surface area contributed by atoms with Crippen molar-refractivity contribution in [1.82, 2.24) is 20.5 Å². The Morgan fingerprint density at radius 2 is 1.71 bits per heavy atom. The molecular weight excluding hydrogens is 540 g/mol. The summed E-state index contributed by atoms with van der Waals surface area (Å²) in [6, 6.07) is 6.52. The summed E-state index contributed by atoms with van der Waals surface area (Å²) < 4.78 is 0. The monoisotopic (exact) mass is 584 g/mol. The van der Waals surface area contributed by atoms with E-state index in [-0.39, 0.29) is 36.6 Å². The number of carboxylic acids is 1. The van der Waals surface area contributed by atoms with Crippen LogP contribution in [0.3, 0.4) is 0 Å². The molecule has 1 saturated heterocycles. The van der Waals surface area contributed by atoms with Gasteiger partial charge in [0, 0.05) is 19.4 Å². The molecule has 1 aliphatic rings. The molecule has 2 heterocycles. The fourth-order valence-corrected chi connectivity index (χ4v) is 5.97. The lowest BCUT2D eigenvalue weighted by molar-refractivity contribution is -0.144. The zero-order chi connectivity index (χ0) is 30.2. The normalized spacial score (nSPS) is 16.7. The molecule has 2 aromatic rings. The van der Waals surface area contributed by atoms with Gasteiger partial charge in [-0.15, -0.1) is 11.3 Å². The van der Waals surface area contributed by atoms with Crippen LogP contribution in [-0.4, -0.2) is 57.3 Å². The molecule has 0 spiro atoms. The van der Waals surface area contributed by atoms with Crippen molar-refractivity contribution in [3.8, 4) is 10.4 Å². The Morgan fingerprint density at radius 3 is 2.29 bits per heavy atom. The number of carbonyl (C=O) groups is 4. The van der Waals surface area contributed by atoms with Gasteiger partial charge in [0.1, 0.15) is 12.1 Å². The molecule has 41 heavy (non-hydrogen) atoms. The summed E-state index contributed by atoms with van der Waals surface area (Å²) in [5.41, 5.74) is 4.35. The van der Waals surface area contributed by atoms with Crippen molar-refractivity contribution >= 4 is 35.0 Å². The van der Waals surface area contributed by atoms with Crippen LogP contribution in [-0.2, 0) is 19.2 Å². The van der Waals surface area contributed by atoms with Gasteiger partial charge in [-0.25, -0.2) is 4.98 Å². The number of nitrogens with one attached hydrogen (secondary N) is 2. The van der Waals surface area contributed by atoms with Crippen LogP contribution in [0.15, 0.2) is 29.8 Å². The minimum atomic E-state index is -0.811. The molecule has 0 saturated carbocycles. The Bertz CT molecular complexity index is 1200. The van der Waals surface area contributed by atoms with Gasteiger partial charge < -0.3 is 20.6 Å². The number of amides is 3. The highest BCUT2D eigenvalue weighted by molar-refractivity contribution is 7.13.